The molecule has 0 radical (unpaired) electrons. The van der Waals surface area contributed by atoms with Gasteiger partial charge in [-0.2, -0.15) is 0 Å². The molecular weight excluding hydrogens is 192 g/mol. The van der Waals surface area contributed by atoms with Crippen molar-refractivity contribution in [2.45, 2.75) is 26.4 Å². The molecule has 0 aromatic heterocycles. The smallest absolute Gasteiger partial charge is 0.245 e. The minimum atomic E-state index is -0.197. The number of hydrogen-bond acceptors (Lipinski definition) is 3. The highest BCUT2D eigenvalue weighted by atomic mass is 16.5. The van der Waals surface area contributed by atoms with Crippen LogP contribution in [-0.2, 0) is 9.53 Å². The van der Waals surface area contributed by atoms with E-state index in [0.717, 1.165) is 12.0 Å². The topological polar surface area (TPSA) is 64.3 Å². The van der Waals surface area contributed by atoms with E-state index in [1.165, 1.54) is 6.08 Å². The van der Waals surface area contributed by atoms with Crippen LogP contribution in [0.25, 0.3) is 0 Å². The third kappa shape index (κ3) is 5.22. The first-order valence-electron chi connectivity index (χ1n) is 4.97. The molecule has 0 heterocycles. The molecule has 0 aliphatic rings. The standard InChI is InChI=1S/C11H20N2O2/c1-5-9(6-8(2)15-4)10(12)7-11(14)13-3/h6-8H,5,12H2,1-4H3,(H,13,14)/b9-6+,10-7-. The van der Waals surface area contributed by atoms with Crippen LogP contribution in [0.5, 0.6) is 0 Å². The van der Waals surface area contributed by atoms with E-state index >= 15 is 0 Å². The highest BCUT2D eigenvalue weighted by Gasteiger charge is 2.03. The van der Waals surface area contributed by atoms with Gasteiger partial charge in [-0.1, -0.05) is 13.0 Å². The van der Waals surface area contributed by atoms with E-state index in [4.69, 9.17) is 10.5 Å². The molecule has 0 saturated heterocycles. The van der Waals surface area contributed by atoms with Crippen LogP contribution >= 0.6 is 0 Å². The third-order valence-corrected chi connectivity index (χ3v) is 2.09. The first kappa shape index (κ1) is 13.7. The van der Waals surface area contributed by atoms with Gasteiger partial charge in [0.1, 0.15) is 0 Å². The summed E-state index contributed by atoms with van der Waals surface area (Å²) in [5, 5.41) is 2.49. The van der Waals surface area contributed by atoms with E-state index in [-0.39, 0.29) is 12.0 Å². The van der Waals surface area contributed by atoms with Crippen LogP contribution in [0.15, 0.2) is 23.4 Å². The Balaban J connectivity index is 4.74. The zero-order valence-corrected chi connectivity index (χ0v) is 9.83. The second-order valence-electron chi connectivity index (χ2n) is 3.20. The highest BCUT2D eigenvalue weighted by molar-refractivity contribution is 5.88. The van der Waals surface area contributed by atoms with Gasteiger partial charge in [-0.3, -0.25) is 4.79 Å². The van der Waals surface area contributed by atoms with Gasteiger partial charge in [0.05, 0.1) is 6.10 Å². The molecule has 0 aromatic carbocycles. The molecule has 4 nitrogen and oxygen atoms in total. The summed E-state index contributed by atoms with van der Waals surface area (Å²) in [5.41, 5.74) is 7.20. The Labute approximate surface area is 91.2 Å². The van der Waals surface area contributed by atoms with E-state index in [1.54, 1.807) is 14.2 Å². The average Bonchev–Trinajstić information content (AvgIpc) is 2.24. The summed E-state index contributed by atoms with van der Waals surface area (Å²) in [6, 6.07) is 0. The molecule has 0 rings (SSSR count). The van der Waals surface area contributed by atoms with E-state index in [0.29, 0.717) is 5.70 Å². The molecule has 0 bridgehead atoms. The maximum absolute atomic E-state index is 11.1. The third-order valence-electron chi connectivity index (χ3n) is 2.09. The minimum Gasteiger partial charge on any atom is -0.398 e. The number of hydrogen-bond donors (Lipinski definition) is 2. The van der Waals surface area contributed by atoms with Gasteiger partial charge in [0.25, 0.3) is 0 Å². The summed E-state index contributed by atoms with van der Waals surface area (Å²) >= 11 is 0. The van der Waals surface area contributed by atoms with Crippen molar-refractivity contribution in [2.75, 3.05) is 14.2 Å². The summed E-state index contributed by atoms with van der Waals surface area (Å²) in [5.74, 6) is -0.197. The molecule has 1 unspecified atom stereocenters. The van der Waals surface area contributed by atoms with Gasteiger partial charge in [-0.25, -0.2) is 0 Å². The van der Waals surface area contributed by atoms with Crippen LogP contribution < -0.4 is 11.1 Å². The molecule has 0 aliphatic carbocycles. The Morgan fingerprint density at radius 1 is 1.60 bits per heavy atom. The van der Waals surface area contributed by atoms with E-state index in [2.05, 4.69) is 5.32 Å². The van der Waals surface area contributed by atoms with Crippen molar-refractivity contribution in [3.63, 3.8) is 0 Å². The van der Waals surface area contributed by atoms with Crippen LogP contribution in [-0.4, -0.2) is 26.2 Å². The molecule has 1 amide bonds. The molecule has 0 aliphatic heterocycles. The lowest BCUT2D eigenvalue weighted by molar-refractivity contribution is -0.116. The maximum Gasteiger partial charge on any atom is 0.245 e. The summed E-state index contributed by atoms with van der Waals surface area (Å²) in [6.07, 6.45) is 4.07. The maximum atomic E-state index is 11.1. The van der Waals surface area contributed by atoms with Crippen molar-refractivity contribution in [2.24, 2.45) is 5.73 Å². The van der Waals surface area contributed by atoms with Gasteiger partial charge in [0.15, 0.2) is 0 Å². The van der Waals surface area contributed by atoms with Crippen molar-refractivity contribution in [1.82, 2.24) is 5.32 Å². The number of nitrogens with one attached hydrogen (secondary N) is 1. The van der Waals surface area contributed by atoms with Crippen LogP contribution in [0.1, 0.15) is 20.3 Å². The van der Waals surface area contributed by atoms with Crippen LogP contribution in [0.2, 0.25) is 0 Å². The van der Waals surface area contributed by atoms with Crippen LogP contribution in [0.3, 0.4) is 0 Å². The van der Waals surface area contributed by atoms with Crippen molar-refractivity contribution >= 4 is 5.91 Å². The average molecular weight is 212 g/mol. The Kier molecular flexibility index (Phi) is 6.45. The predicted octanol–water partition coefficient (Wildman–Crippen LogP) is 0.946. The molecule has 0 fully saturated rings. The Bertz CT molecular complexity index is 270. The fourth-order valence-electron chi connectivity index (χ4n) is 1.08. The zero-order chi connectivity index (χ0) is 11.8. The molecule has 0 aromatic rings. The Morgan fingerprint density at radius 3 is 2.60 bits per heavy atom. The quantitative estimate of drug-likeness (QED) is 0.526. The van der Waals surface area contributed by atoms with Crippen molar-refractivity contribution < 1.29 is 9.53 Å². The first-order chi connectivity index (χ1) is 7.04. The van der Waals surface area contributed by atoms with Crippen molar-refractivity contribution in [3.8, 4) is 0 Å². The van der Waals surface area contributed by atoms with Gasteiger partial charge < -0.3 is 15.8 Å². The summed E-state index contributed by atoms with van der Waals surface area (Å²) in [7, 11) is 3.20. The molecule has 86 valence electrons. The Morgan fingerprint density at radius 2 is 2.20 bits per heavy atom. The number of carbonyl (C=O) groups excluding carboxylic acids is 1. The van der Waals surface area contributed by atoms with Crippen molar-refractivity contribution in [3.05, 3.63) is 23.4 Å². The molecule has 1 atom stereocenters. The normalized spacial score (nSPS) is 14.9. The summed E-state index contributed by atoms with van der Waals surface area (Å²) in [4.78, 5) is 11.1. The highest BCUT2D eigenvalue weighted by Crippen LogP contribution is 2.10. The predicted molar refractivity (Wildman–Crippen MR) is 61.2 cm³/mol. The molecule has 0 spiro atoms. The van der Waals surface area contributed by atoms with Crippen LogP contribution in [0.4, 0.5) is 0 Å². The fourth-order valence-corrected chi connectivity index (χ4v) is 1.08. The first-order valence-corrected chi connectivity index (χ1v) is 4.97. The monoisotopic (exact) mass is 212 g/mol. The summed E-state index contributed by atoms with van der Waals surface area (Å²) in [6.45, 7) is 3.90. The largest absolute Gasteiger partial charge is 0.398 e. The number of allylic oxidation sites excluding steroid dienone is 1. The molecule has 4 heteroatoms. The second kappa shape index (κ2) is 7.06. The van der Waals surface area contributed by atoms with Gasteiger partial charge in [0, 0.05) is 25.9 Å². The molecular formula is C11H20N2O2. The number of methoxy groups -OCH3 is 1. The van der Waals surface area contributed by atoms with Gasteiger partial charge in [-0.15, -0.1) is 0 Å². The van der Waals surface area contributed by atoms with E-state index in [9.17, 15) is 4.79 Å². The number of carbonyl (C=O) groups is 1. The number of rotatable bonds is 5. The number of amides is 1. The fraction of sp³-hybridized carbons (Fsp3) is 0.545. The SMILES string of the molecule is CCC(=C\C(C)OC)/C(N)=C/C(=O)NC. The van der Waals surface area contributed by atoms with E-state index < -0.39 is 0 Å². The molecule has 0 saturated carbocycles. The van der Waals surface area contributed by atoms with Gasteiger partial charge >= 0.3 is 0 Å². The van der Waals surface area contributed by atoms with E-state index in [1.807, 2.05) is 19.9 Å². The minimum absolute atomic E-state index is 0.00316. The lowest BCUT2D eigenvalue weighted by Gasteiger charge is -2.09. The zero-order valence-electron chi connectivity index (χ0n) is 9.83. The van der Waals surface area contributed by atoms with Crippen molar-refractivity contribution in [1.29, 1.82) is 0 Å². The number of likely N-dealkylation sites (N-methyl/N-ethyl adjacent to an activating group) is 1. The second-order valence-corrected chi connectivity index (χ2v) is 3.20. The lowest BCUT2D eigenvalue weighted by Crippen LogP contribution is -2.17. The number of ether oxygens (including phenoxy) is 1. The van der Waals surface area contributed by atoms with Crippen LogP contribution in [0, 0.1) is 0 Å². The van der Waals surface area contributed by atoms with Gasteiger partial charge in [0.2, 0.25) is 5.91 Å². The number of nitrogens with two attached hydrogens (primary N) is 1. The lowest BCUT2D eigenvalue weighted by atomic mass is 10.1. The molecule has 15 heavy (non-hydrogen) atoms. The van der Waals surface area contributed by atoms with Gasteiger partial charge in [-0.05, 0) is 18.9 Å². The molecule has 3 N–H and O–H groups in total. The summed E-state index contributed by atoms with van der Waals surface area (Å²) < 4.78 is 5.10. The Hall–Kier alpha value is -1.29.